The number of benzene rings is 1. The van der Waals surface area contributed by atoms with Gasteiger partial charge in [0.25, 0.3) is 0 Å². The summed E-state index contributed by atoms with van der Waals surface area (Å²) in [6.07, 6.45) is 1.56. The molecule has 3 rings (SSSR count). The Balaban J connectivity index is 2.16. The quantitative estimate of drug-likeness (QED) is 0.844. The maximum Gasteiger partial charge on any atom is 0.121 e. The van der Waals surface area contributed by atoms with E-state index in [4.69, 9.17) is 0 Å². The zero-order valence-electron chi connectivity index (χ0n) is 11.2. The van der Waals surface area contributed by atoms with Gasteiger partial charge in [-0.25, -0.2) is 4.98 Å². The molecule has 1 N–H and O–H groups in total. The Labute approximate surface area is 120 Å². The Kier molecular flexibility index (Phi) is 3.69. The molecule has 6 heteroatoms. The summed E-state index contributed by atoms with van der Waals surface area (Å²) >= 11 is -2.32. The number of hydrogen-bond donors (Lipinski definition) is 1. The summed E-state index contributed by atoms with van der Waals surface area (Å²) < 4.78 is 22.6. The van der Waals surface area contributed by atoms with Crippen molar-refractivity contribution in [3.8, 4) is 0 Å². The summed E-state index contributed by atoms with van der Waals surface area (Å²) in [7, 11) is 0. The summed E-state index contributed by atoms with van der Waals surface area (Å²) in [6.45, 7) is 4.95. The number of nitrogens with zero attached hydrogens (tertiary/aromatic N) is 2. The smallest absolute Gasteiger partial charge is 0.121 e. The van der Waals surface area contributed by atoms with E-state index in [0.717, 1.165) is 30.7 Å². The maximum atomic E-state index is 11.3. The summed E-state index contributed by atoms with van der Waals surface area (Å²) in [4.78, 5) is 6.28. The number of fused-ring (bicyclic) bond motifs is 1. The molecular weight excluding hydrogens is 274 g/mol. The molecular formula is C14H16N3O2S-. The average Bonchev–Trinajstić information content (AvgIpc) is 2.46. The number of hydrogen-bond acceptors (Lipinski definition) is 5. The Hall–Kier alpha value is -1.50. The third-order valence-corrected chi connectivity index (χ3v) is 4.36. The van der Waals surface area contributed by atoms with Crippen molar-refractivity contribution in [1.82, 2.24) is 10.3 Å². The van der Waals surface area contributed by atoms with Crippen LogP contribution in [0.4, 0.5) is 5.69 Å². The van der Waals surface area contributed by atoms with Crippen LogP contribution in [0.2, 0.25) is 0 Å². The average molecular weight is 290 g/mol. The van der Waals surface area contributed by atoms with Gasteiger partial charge in [0, 0.05) is 48.3 Å². The van der Waals surface area contributed by atoms with Crippen LogP contribution in [-0.2, 0) is 11.1 Å². The lowest BCUT2D eigenvalue weighted by molar-refractivity contribution is 0.502. The minimum absolute atomic E-state index is 0.118. The molecule has 0 bridgehead atoms. The van der Waals surface area contributed by atoms with Gasteiger partial charge >= 0.3 is 0 Å². The molecule has 0 saturated carbocycles. The normalized spacial score (nSPS) is 21.1. The van der Waals surface area contributed by atoms with E-state index in [1.807, 2.05) is 24.3 Å². The Morgan fingerprint density at radius 3 is 3.00 bits per heavy atom. The van der Waals surface area contributed by atoms with Crippen molar-refractivity contribution in [1.29, 1.82) is 0 Å². The molecule has 0 radical (unpaired) electrons. The van der Waals surface area contributed by atoms with Crippen LogP contribution in [0.1, 0.15) is 6.92 Å². The third kappa shape index (κ3) is 2.30. The van der Waals surface area contributed by atoms with Crippen molar-refractivity contribution in [3.63, 3.8) is 0 Å². The van der Waals surface area contributed by atoms with Crippen LogP contribution in [0, 0.1) is 0 Å². The van der Waals surface area contributed by atoms with Crippen molar-refractivity contribution in [2.24, 2.45) is 0 Å². The van der Waals surface area contributed by atoms with Crippen LogP contribution in [0.5, 0.6) is 0 Å². The topological polar surface area (TPSA) is 68.3 Å². The van der Waals surface area contributed by atoms with E-state index >= 15 is 0 Å². The number of nitrogens with one attached hydrogen (secondary N) is 1. The monoisotopic (exact) mass is 290 g/mol. The zero-order chi connectivity index (χ0) is 14.1. The molecule has 1 aromatic heterocycles. The van der Waals surface area contributed by atoms with Crippen molar-refractivity contribution in [2.75, 3.05) is 24.5 Å². The highest BCUT2D eigenvalue weighted by Gasteiger charge is 2.20. The number of piperazine rings is 1. The van der Waals surface area contributed by atoms with Crippen molar-refractivity contribution in [2.45, 2.75) is 18.0 Å². The van der Waals surface area contributed by atoms with E-state index in [1.54, 1.807) is 6.20 Å². The molecule has 20 heavy (non-hydrogen) atoms. The van der Waals surface area contributed by atoms with Crippen molar-refractivity contribution >= 4 is 27.5 Å². The maximum absolute atomic E-state index is 11.3. The largest absolute Gasteiger partial charge is 0.767 e. The highest BCUT2D eigenvalue weighted by molar-refractivity contribution is 7.79. The molecule has 1 aliphatic heterocycles. The van der Waals surface area contributed by atoms with Crippen LogP contribution in [-0.4, -0.2) is 39.4 Å². The van der Waals surface area contributed by atoms with E-state index in [2.05, 4.69) is 22.1 Å². The fraction of sp³-hybridized carbons (Fsp3) is 0.357. The minimum atomic E-state index is -2.32. The molecule has 1 fully saturated rings. The van der Waals surface area contributed by atoms with Gasteiger partial charge in [-0.3, -0.25) is 4.21 Å². The third-order valence-electron chi connectivity index (χ3n) is 3.72. The Morgan fingerprint density at radius 1 is 1.40 bits per heavy atom. The fourth-order valence-corrected chi connectivity index (χ4v) is 3.25. The van der Waals surface area contributed by atoms with Gasteiger partial charge in [-0.15, -0.1) is 0 Å². The molecule has 0 spiro atoms. The van der Waals surface area contributed by atoms with E-state index in [1.165, 1.54) is 0 Å². The van der Waals surface area contributed by atoms with Gasteiger partial charge in [0.15, 0.2) is 0 Å². The van der Waals surface area contributed by atoms with Crippen molar-refractivity contribution < 1.29 is 8.76 Å². The second-order valence-corrected chi connectivity index (χ2v) is 5.83. The Bertz CT molecular complexity index is 662. The highest BCUT2D eigenvalue weighted by atomic mass is 32.2. The molecule has 1 aliphatic rings. The first-order valence-electron chi connectivity index (χ1n) is 6.63. The molecule has 1 saturated heterocycles. The molecule has 2 heterocycles. The summed E-state index contributed by atoms with van der Waals surface area (Å²) in [5.74, 6) is 0. The van der Waals surface area contributed by atoms with Crippen LogP contribution in [0.25, 0.3) is 10.8 Å². The molecule has 0 amide bonds. The van der Waals surface area contributed by atoms with Gasteiger partial charge < -0.3 is 14.8 Å². The standard InChI is InChI=1S/C14H17N3O2S/c1-10-9-15-7-8-17(10)13-4-2-3-12-11(13)5-6-16-14(12)20(18)19/h2-6,10,15H,7-9H2,1H3,(H,18,19)/p-1. The van der Waals surface area contributed by atoms with E-state index < -0.39 is 11.1 Å². The molecule has 1 aromatic carbocycles. The summed E-state index contributed by atoms with van der Waals surface area (Å²) in [5.41, 5.74) is 1.07. The van der Waals surface area contributed by atoms with Gasteiger partial charge in [0.05, 0.1) is 0 Å². The number of anilines is 1. The zero-order valence-corrected chi connectivity index (χ0v) is 12.0. The molecule has 2 aromatic rings. The number of pyridine rings is 1. The SMILES string of the molecule is CC1CNCCN1c1cccc2c(S(=O)[O-])nccc12. The lowest BCUT2D eigenvalue weighted by Crippen LogP contribution is -2.50. The predicted octanol–water partition coefficient (Wildman–Crippen LogP) is 1.27. The molecule has 106 valence electrons. The molecule has 5 nitrogen and oxygen atoms in total. The van der Waals surface area contributed by atoms with Gasteiger partial charge in [-0.1, -0.05) is 12.1 Å². The van der Waals surface area contributed by atoms with Gasteiger partial charge in [-0.05, 0) is 30.1 Å². The predicted molar refractivity (Wildman–Crippen MR) is 78.6 cm³/mol. The number of rotatable bonds is 2. The molecule has 2 unspecified atom stereocenters. The van der Waals surface area contributed by atoms with Crippen LogP contribution in [0.15, 0.2) is 35.5 Å². The van der Waals surface area contributed by atoms with E-state index in [0.29, 0.717) is 11.4 Å². The lowest BCUT2D eigenvalue weighted by Gasteiger charge is -2.36. The fourth-order valence-electron chi connectivity index (χ4n) is 2.75. The molecule has 0 aliphatic carbocycles. The highest BCUT2D eigenvalue weighted by Crippen LogP contribution is 2.30. The second kappa shape index (κ2) is 5.47. The Morgan fingerprint density at radius 2 is 2.25 bits per heavy atom. The summed E-state index contributed by atoms with van der Waals surface area (Å²) in [6, 6.07) is 8.01. The van der Waals surface area contributed by atoms with E-state index in [9.17, 15) is 8.76 Å². The van der Waals surface area contributed by atoms with Crippen molar-refractivity contribution in [3.05, 3.63) is 30.5 Å². The van der Waals surface area contributed by atoms with Crippen LogP contribution < -0.4 is 10.2 Å². The second-order valence-electron chi connectivity index (χ2n) is 4.97. The first-order valence-corrected chi connectivity index (χ1v) is 7.70. The van der Waals surface area contributed by atoms with Crippen LogP contribution in [0.3, 0.4) is 0 Å². The van der Waals surface area contributed by atoms with Gasteiger partial charge in [-0.2, -0.15) is 0 Å². The lowest BCUT2D eigenvalue weighted by atomic mass is 10.1. The first kappa shape index (κ1) is 13.5. The van der Waals surface area contributed by atoms with E-state index in [-0.39, 0.29) is 5.03 Å². The summed E-state index contributed by atoms with van der Waals surface area (Å²) in [5, 5.41) is 5.10. The van der Waals surface area contributed by atoms with Gasteiger partial charge in [0.2, 0.25) is 0 Å². The molecule has 2 atom stereocenters. The van der Waals surface area contributed by atoms with Crippen LogP contribution >= 0.6 is 0 Å². The minimum Gasteiger partial charge on any atom is -0.767 e. The number of aromatic nitrogens is 1. The first-order chi connectivity index (χ1) is 9.68. The van der Waals surface area contributed by atoms with Gasteiger partial charge in [0.1, 0.15) is 5.03 Å².